The molecular formula is C23H25N5O3S2. The van der Waals surface area contributed by atoms with Crippen molar-refractivity contribution in [3.05, 3.63) is 60.7 Å². The number of nitrogens with zero attached hydrogens (tertiary/aromatic N) is 4. The van der Waals surface area contributed by atoms with Gasteiger partial charge in [-0.2, -0.15) is 4.31 Å². The molecule has 10 heteroatoms. The number of carbonyl (C=O) groups is 1. The molecule has 0 bridgehead atoms. The minimum atomic E-state index is -3.54. The third-order valence-electron chi connectivity index (χ3n) is 5.36. The highest BCUT2D eigenvalue weighted by Crippen LogP contribution is 2.27. The molecule has 2 heterocycles. The van der Waals surface area contributed by atoms with Gasteiger partial charge in [-0.15, -0.1) is 10.2 Å². The number of rotatable bonds is 8. The van der Waals surface area contributed by atoms with Crippen LogP contribution in [-0.2, 0) is 14.8 Å². The number of aromatic nitrogens is 3. The number of thioether (sulfide) groups is 1. The summed E-state index contributed by atoms with van der Waals surface area (Å²) in [6.45, 7) is 6.20. The molecule has 0 saturated carbocycles. The molecule has 0 radical (unpaired) electrons. The zero-order valence-corrected chi connectivity index (χ0v) is 20.2. The van der Waals surface area contributed by atoms with Crippen molar-refractivity contribution in [3.63, 3.8) is 0 Å². The van der Waals surface area contributed by atoms with Crippen molar-refractivity contribution >= 4 is 49.9 Å². The molecule has 1 amide bonds. The summed E-state index contributed by atoms with van der Waals surface area (Å²) in [5.41, 5.74) is 2.22. The van der Waals surface area contributed by atoms with Crippen LogP contribution in [0.2, 0.25) is 0 Å². The Hall–Kier alpha value is -2.95. The highest BCUT2D eigenvalue weighted by atomic mass is 32.2. The molecule has 0 fully saturated rings. The van der Waals surface area contributed by atoms with Crippen LogP contribution in [0.1, 0.15) is 20.8 Å². The minimum Gasteiger partial charge on any atom is -0.325 e. The van der Waals surface area contributed by atoms with Crippen molar-refractivity contribution in [3.8, 4) is 0 Å². The molecular weight excluding hydrogens is 458 g/mol. The van der Waals surface area contributed by atoms with Gasteiger partial charge in [-0.3, -0.25) is 9.20 Å². The molecule has 0 aliphatic rings. The van der Waals surface area contributed by atoms with Gasteiger partial charge in [-0.25, -0.2) is 8.42 Å². The Morgan fingerprint density at radius 3 is 2.42 bits per heavy atom. The first kappa shape index (κ1) is 23.2. The van der Waals surface area contributed by atoms with Crippen LogP contribution in [0.25, 0.3) is 16.6 Å². The number of pyridine rings is 1. The lowest BCUT2D eigenvalue weighted by molar-refractivity contribution is -0.115. The highest BCUT2D eigenvalue weighted by molar-refractivity contribution is 8.00. The van der Waals surface area contributed by atoms with Crippen molar-refractivity contribution in [2.75, 3.05) is 18.4 Å². The van der Waals surface area contributed by atoms with Crippen molar-refractivity contribution in [1.82, 2.24) is 18.9 Å². The van der Waals surface area contributed by atoms with Crippen molar-refractivity contribution in [2.45, 2.75) is 36.1 Å². The topological polar surface area (TPSA) is 96.7 Å². The maximum absolute atomic E-state index is 12.8. The number of carbonyl (C=O) groups excluding carboxylic acids is 1. The van der Waals surface area contributed by atoms with Gasteiger partial charge in [-0.1, -0.05) is 43.8 Å². The molecule has 0 spiro atoms. The van der Waals surface area contributed by atoms with E-state index in [1.54, 1.807) is 32.9 Å². The number of hydrogen-bond acceptors (Lipinski definition) is 6. The lowest BCUT2D eigenvalue weighted by Gasteiger charge is -2.18. The summed E-state index contributed by atoms with van der Waals surface area (Å²) < 4.78 is 28.6. The minimum absolute atomic E-state index is 0.202. The normalized spacial score (nSPS) is 13.0. The van der Waals surface area contributed by atoms with Gasteiger partial charge in [0.05, 0.1) is 15.7 Å². The largest absolute Gasteiger partial charge is 0.325 e. The van der Waals surface area contributed by atoms with E-state index in [0.717, 1.165) is 10.9 Å². The first-order valence-corrected chi connectivity index (χ1v) is 13.0. The molecule has 1 atom stereocenters. The third-order valence-corrected chi connectivity index (χ3v) is 8.47. The molecule has 8 nitrogen and oxygen atoms in total. The number of anilines is 1. The second-order valence-corrected chi connectivity index (χ2v) is 10.7. The summed E-state index contributed by atoms with van der Waals surface area (Å²) in [5, 5.41) is 12.6. The van der Waals surface area contributed by atoms with Gasteiger partial charge >= 0.3 is 0 Å². The van der Waals surface area contributed by atoms with Gasteiger partial charge in [0.2, 0.25) is 15.9 Å². The monoisotopic (exact) mass is 483 g/mol. The number of para-hydroxylation sites is 1. The smallest absolute Gasteiger partial charge is 0.243 e. The Morgan fingerprint density at radius 1 is 1.03 bits per heavy atom. The van der Waals surface area contributed by atoms with Gasteiger partial charge in [0, 0.05) is 18.8 Å². The highest BCUT2D eigenvalue weighted by Gasteiger charge is 2.22. The summed E-state index contributed by atoms with van der Waals surface area (Å²) in [4.78, 5) is 13.0. The van der Waals surface area contributed by atoms with Crippen LogP contribution in [0.15, 0.2) is 70.7 Å². The second kappa shape index (κ2) is 9.50. The molecule has 1 N–H and O–H groups in total. The Kier molecular flexibility index (Phi) is 6.68. The van der Waals surface area contributed by atoms with Crippen molar-refractivity contribution in [2.24, 2.45) is 0 Å². The summed E-state index contributed by atoms with van der Waals surface area (Å²) in [5.74, 6) is -0.212. The van der Waals surface area contributed by atoms with Crippen molar-refractivity contribution in [1.29, 1.82) is 0 Å². The van der Waals surface area contributed by atoms with Gasteiger partial charge in [-0.05, 0) is 54.8 Å². The maximum atomic E-state index is 12.8. The summed E-state index contributed by atoms with van der Waals surface area (Å²) >= 11 is 1.31. The van der Waals surface area contributed by atoms with E-state index >= 15 is 0 Å². The summed E-state index contributed by atoms with van der Waals surface area (Å²) in [6, 6.07) is 18.1. The third kappa shape index (κ3) is 4.59. The molecule has 4 rings (SSSR count). The predicted octanol–water partition coefficient (Wildman–Crippen LogP) is 4.03. The van der Waals surface area contributed by atoms with E-state index in [1.165, 1.54) is 28.2 Å². The van der Waals surface area contributed by atoms with Crippen LogP contribution in [-0.4, -0.2) is 51.6 Å². The number of nitrogens with one attached hydrogen (secondary N) is 1. The van der Waals surface area contributed by atoms with Gasteiger partial charge in [0.15, 0.2) is 10.8 Å². The Morgan fingerprint density at radius 2 is 1.73 bits per heavy atom. The van der Waals surface area contributed by atoms with Crippen LogP contribution in [0, 0.1) is 0 Å². The van der Waals surface area contributed by atoms with E-state index < -0.39 is 15.3 Å². The Labute approximate surface area is 197 Å². The quantitative estimate of drug-likeness (QED) is 0.380. The summed E-state index contributed by atoms with van der Waals surface area (Å²) in [6.07, 6.45) is 0. The fourth-order valence-corrected chi connectivity index (χ4v) is 5.89. The molecule has 0 aliphatic carbocycles. The lowest BCUT2D eigenvalue weighted by Crippen LogP contribution is -2.30. The molecule has 0 aliphatic heterocycles. The first-order chi connectivity index (χ1) is 15.8. The molecule has 2 aromatic carbocycles. The Bertz CT molecular complexity index is 1400. The molecule has 172 valence electrons. The van der Waals surface area contributed by atoms with E-state index in [4.69, 9.17) is 0 Å². The predicted molar refractivity (Wildman–Crippen MR) is 131 cm³/mol. The van der Waals surface area contributed by atoms with E-state index in [1.807, 2.05) is 40.8 Å². The second-order valence-electron chi connectivity index (χ2n) is 7.43. The molecule has 33 heavy (non-hydrogen) atoms. The van der Waals surface area contributed by atoms with Crippen LogP contribution < -0.4 is 5.32 Å². The average Bonchev–Trinajstić information content (AvgIpc) is 3.23. The number of benzene rings is 2. The van der Waals surface area contributed by atoms with E-state index in [-0.39, 0.29) is 10.8 Å². The fraction of sp³-hybridized carbons (Fsp3) is 0.261. The van der Waals surface area contributed by atoms with Crippen molar-refractivity contribution < 1.29 is 13.2 Å². The van der Waals surface area contributed by atoms with Crippen LogP contribution in [0.5, 0.6) is 0 Å². The zero-order chi connectivity index (χ0) is 23.6. The number of fused-ring (bicyclic) bond motifs is 3. The number of sulfonamides is 1. The van der Waals surface area contributed by atoms with Gasteiger partial charge < -0.3 is 5.32 Å². The van der Waals surface area contributed by atoms with E-state index in [0.29, 0.717) is 29.6 Å². The Balaban J connectivity index is 1.49. The fourth-order valence-electron chi connectivity index (χ4n) is 3.57. The molecule has 4 aromatic rings. The molecule has 1 unspecified atom stereocenters. The average molecular weight is 484 g/mol. The number of hydrogen-bond donors (Lipinski definition) is 1. The molecule has 0 saturated heterocycles. The van der Waals surface area contributed by atoms with E-state index in [9.17, 15) is 13.2 Å². The first-order valence-electron chi connectivity index (χ1n) is 10.7. The summed E-state index contributed by atoms with van der Waals surface area (Å²) in [7, 11) is -3.54. The van der Waals surface area contributed by atoms with Gasteiger partial charge in [0.25, 0.3) is 0 Å². The maximum Gasteiger partial charge on any atom is 0.243 e. The van der Waals surface area contributed by atoms with Gasteiger partial charge in [0.1, 0.15) is 0 Å². The van der Waals surface area contributed by atoms with Crippen LogP contribution in [0.4, 0.5) is 5.69 Å². The lowest BCUT2D eigenvalue weighted by atomic mass is 10.2. The molecule has 2 aromatic heterocycles. The zero-order valence-electron chi connectivity index (χ0n) is 18.6. The number of amides is 1. The standard InChI is InChI=1S/C23H25N5O3S2/c1-4-27(5-2)33(30,31)19-13-11-18(12-14-19)24-22(29)16(3)32-23-26-25-21-15-10-17-8-6-7-9-20(17)28(21)23/h6-16H,4-5H2,1-3H3,(H,24,29). The van der Waals surface area contributed by atoms with Crippen LogP contribution in [0.3, 0.4) is 0 Å². The SMILES string of the molecule is CCN(CC)S(=O)(=O)c1ccc(NC(=O)C(C)Sc2nnc3ccc4ccccc4n23)cc1. The van der Waals surface area contributed by atoms with E-state index in [2.05, 4.69) is 15.5 Å². The van der Waals surface area contributed by atoms with Crippen LogP contribution >= 0.6 is 11.8 Å².